The predicted molar refractivity (Wildman–Crippen MR) is 543 cm³/mol. The number of fused-ring (bicyclic) bond motifs is 4. The van der Waals surface area contributed by atoms with Crippen molar-refractivity contribution in [1.82, 2.24) is 86.6 Å². The van der Waals surface area contributed by atoms with Crippen molar-refractivity contribution in [2.45, 2.75) is 253 Å². The number of nitrogens with zero attached hydrogens (tertiary/aromatic N) is 10. The molecule has 4 unspecified atom stereocenters. The van der Waals surface area contributed by atoms with Crippen molar-refractivity contribution in [1.29, 1.82) is 0 Å². The highest BCUT2D eigenvalue weighted by atomic mass is 32.2. The molecule has 5 aromatic heterocycles. The summed E-state index contributed by atoms with van der Waals surface area (Å²) in [7, 11) is -5.24. The number of pyridine rings is 5. The number of aromatic nitrogens is 5. The zero-order valence-corrected chi connectivity index (χ0v) is 86.0. The number of aliphatic carboxylic acids is 4. The van der Waals surface area contributed by atoms with Crippen molar-refractivity contribution in [3.05, 3.63) is 123 Å². The number of carboxylic acids is 4. The number of rotatable bonds is 40. The molecule has 0 saturated carbocycles. The Hall–Kier alpha value is -12.8. The standard InChI is InChI=1S/C28H37N5O5.C25H38N6O6.2C23H35N5O7S/c1-2-20-9-5-10-22(30-20)26(35)32-24(27(36)37)28(38)14-17-33(18-15-28)23(34)11-4-3-8-21-13-12-19-7-6-16-29-25(19)31-21;1-17(32)30(2)14-9-20(33)29-21(23(34)35)25(37)10-15-31(16-11-25)24(36)27-13-4-6-19-8-7-18-5-3-12-26-22(18)28-19;2*1-36(34,35)15-8-18(29)27-19(21(30)31)23(33)9-13-28(14-10-23)22(32)25-12-3-5-17-7-6-16-4-2-11-24-20(16)26-17/h5,9-10,12-13,24,38H,2-4,6-8,11,14-18H2,1H3,(H,29,31)(H,32,35)(H,36,37);7-8,21,37H,3-6,9-16H2,1-2H3,(H,26,28)(H,27,36)(H,29,33)(H,34,35);2*6-7,19,33H,2-5,8-15H2,1H3,(H,24,26)(H,25,32)(H,27,29)(H,30,31). The number of carbonyl (C=O) groups excluding carboxylic acids is 9. The van der Waals surface area contributed by atoms with Gasteiger partial charge in [0.25, 0.3) is 5.91 Å². The number of unbranched alkanes of at least 4 members (excludes halogenated alkanes) is 1. The molecule has 13 rings (SSSR count). The maximum absolute atomic E-state index is 12.8. The quantitative estimate of drug-likeness (QED) is 0.0251. The Morgan fingerprint density at radius 1 is 0.388 bits per heavy atom. The maximum Gasteiger partial charge on any atom is 0.329 e. The molecule has 0 spiro atoms. The summed E-state index contributed by atoms with van der Waals surface area (Å²) in [6.07, 6.45) is 17.3. The van der Waals surface area contributed by atoms with Crippen LogP contribution in [0.2, 0.25) is 0 Å². The number of carboxylic acid groups (broad SMARTS) is 4. The summed E-state index contributed by atoms with van der Waals surface area (Å²) in [6.45, 7) is 9.75. The molecule has 48 heteroatoms. The fourth-order valence-corrected chi connectivity index (χ4v) is 19.6. The summed E-state index contributed by atoms with van der Waals surface area (Å²) in [6, 6.07) is 14.4. The number of hydrogen-bond acceptors (Lipinski definition) is 30. The highest BCUT2D eigenvalue weighted by Gasteiger charge is 2.50. The van der Waals surface area contributed by atoms with Crippen LogP contribution in [-0.4, -0.2) is 367 Å². The molecule has 808 valence electrons. The minimum Gasteiger partial charge on any atom is -0.480 e. The molecule has 46 nitrogen and oxygen atoms in total. The monoisotopic (exact) mass is 2090 g/mol. The van der Waals surface area contributed by atoms with E-state index in [0.717, 1.165) is 168 Å². The van der Waals surface area contributed by atoms with Gasteiger partial charge in [-0.25, -0.2) is 75.3 Å². The van der Waals surface area contributed by atoms with Crippen molar-refractivity contribution in [2.75, 3.05) is 157 Å². The molecule has 0 bridgehead atoms. The predicted octanol–water partition coefficient (Wildman–Crippen LogP) is 2.52. The summed E-state index contributed by atoms with van der Waals surface area (Å²) in [5.74, 6) is -5.53. The summed E-state index contributed by atoms with van der Waals surface area (Å²) < 4.78 is 45.0. The first-order valence-electron chi connectivity index (χ1n) is 50.6. The second-order valence-electron chi connectivity index (χ2n) is 38.9. The summed E-state index contributed by atoms with van der Waals surface area (Å²) >= 11 is 0. The lowest BCUT2D eigenvalue weighted by Crippen LogP contribution is -2.62. The molecule has 4 fully saturated rings. The van der Waals surface area contributed by atoms with Crippen LogP contribution in [0, 0.1) is 0 Å². The summed E-state index contributed by atoms with van der Waals surface area (Å²) in [5, 5.41) is 114. The van der Waals surface area contributed by atoms with Gasteiger partial charge in [-0.05, 0) is 226 Å². The number of nitrogens with one attached hydrogen (secondary N) is 11. The van der Waals surface area contributed by atoms with Crippen molar-refractivity contribution >= 4 is 120 Å². The van der Waals surface area contributed by atoms with Crippen molar-refractivity contribution < 1.29 is 120 Å². The lowest BCUT2D eigenvalue weighted by atomic mass is 9.83. The second-order valence-corrected chi connectivity index (χ2v) is 43.4. The third-order valence-corrected chi connectivity index (χ3v) is 29.5. The van der Waals surface area contributed by atoms with Crippen LogP contribution in [0.3, 0.4) is 0 Å². The third kappa shape index (κ3) is 36.0. The normalized spacial score (nSPS) is 17.5. The molecule has 0 aliphatic carbocycles. The van der Waals surface area contributed by atoms with E-state index in [1.165, 1.54) is 54.8 Å². The number of aryl methyl sites for hydroxylation is 9. The van der Waals surface area contributed by atoms with Crippen molar-refractivity contribution in [3.63, 3.8) is 0 Å². The van der Waals surface area contributed by atoms with Gasteiger partial charge in [-0.15, -0.1) is 0 Å². The van der Waals surface area contributed by atoms with Crippen LogP contribution in [0.15, 0.2) is 66.7 Å². The number of aliphatic hydroxyl groups is 4. The molecule has 5 aromatic rings. The third-order valence-electron chi connectivity index (χ3n) is 27.6. The molecule has 0 radical (unpaired) electrons. The Balaban J connectivity index is 0.000000201. The maximum atomic E-state index is 12.8. The van der Waals surface area contributed by atoms with E-state index < -0.39 is 138 Å². The van der Waals surface area contributed by atoms with Gasteiger partial charge in [0.05, 0.1) is 33.9 Å². The number of piperidine rings is 4. The fraction of sp³-hybridized carbons (Fsp3) is 0.616. The van der Waals surface area contributed by atoms with Gasteiger partial charge in [-0.3, -0.25) is 28.8 Å². The highest BCUT2D eigenvalue weighted by Crippen LogP contribution is 2.34. The van der Waals surface area contributed by atoms with Gasteiger partial charge in [-0.1, -0.05) is 37.3 Å². The minimum atomic E-state index is -3.39. The Bertz CT molecular complexity index is 5480. The molecular formula is C99H145N21O25S2. The number of likely N-dealkylation sites (tertiary alicyclic amines) is 4. The Morgan fingerprint density at radius 3 is 0.986 bits per heavy atom. The van der Waals surface area contributed by atoms with E-state index in [1.807, 2.05) is 25.1 Å². The first-order chi connectivity index (χ1) is 69.8. The van der Waals surface area contributed by atoms with Crippen LogP contribution >= 0.6 is 0 Å². The largest absolute Gasteiger partial charge is 0.480 e. The number of carbonyl (C=O) groups is 13. The molecule has 0 aromatic carbocycles. The fourth-order valence-electron chi connectivity index (χ4n) is 18.5. The van der Waals surface area contributed by atoms with Gasteiger partial charge >= 0.3 is 42.0 Å². The average molecular weight is 2090 g/mol. The SMILES string of the molecule is CC(=O)N(C)CCC(=O)NC(C(=O)O)C1(O)CCN(C(=O)NCCCc2ccc3c(n2)NCCC3)CC1.CCc1cccc(C(=O)NC(C(=O)O)C2(O)CCN(C(=O)CCCCc3ccc4c(n3)NCCC4)CC2)n1.CS(=O)(=O)CCC(=O)NC(C(=O)O)C1(O)CCN(C(=O)NCCCc2ccc3c(n2)NCCC3)CC1.CS(=O)(=O)CCC(=O)NC(C(=O)O)C1(O)CCN(C(=O)NCCCc2ccc3c(n2)NCCC3)CC1. The second kappa shape index (κ2) is 54.8. The van der Waals surface area contributed by atoms with Crippen LogP contribution in [0.25, 0.3) is 0 Å². The zero-order chi connectivity index (χ0) is 107. The molecular weight excluding hydrogens is 1950 g/mol. The van der Waals surface area contributed by atoms with Crippen LogP contribution in [0.4, 0.5) is 37.7 Å². The van der Waals surface area contributed by atoms with Crippen LogP contribution in [0.1, 0.15) is 210 Å². The van der Waals surface area contributed by atoms with Gasteiger partial charge in [-0.2, -0.15) is 0 Å². The van der Waals surface area contributed by atoms with Gasteiger partial charge < -0.3 is 124 Å². The van der Waals surface area contributed by atoms with Crippen LogP contribution in [0.5, 0.6) is 0 Å². The van der Waals surface area contributed by atoms with E-state index in [4.69, 9.17) is 4.98 Å². The Morgan fingerprint density at radius 2 is 0.687 bits per heavy atom. The number of sulfone groups is 2. The van der Waals surface area contributed by atoms with Crippen molar-refractivity contribution in [3.8, 4) is 0 Å². The topological polar surface area (TPSA) is 665 Å². The van der Waals surface area contributed by atoms with Crippen LogP contribution < -0.4 is 58.5 Å². The van der Waals surface area contributed by atoms with Crippen molar-refractivity contribution in [2.24, 2.45) is 0 Å². The molecule has 19 N–H and O–H groups in total. The molecule has 13 heterocycles. The van der Waals surface area contributed by atoms with E-state index >= 15 is 0 Å². The lowest BCUT2D eigenvalue weighted by molar-refractivity contribution is -0.153. The zero-order valence-electron chi connectivity index (χ0n) is 84.4. The van der Waals surface area contributed by atoms with Gasteiger partial charge in [0, 0.05) is 185 Å². The van der Waals surface area contributed by atoms with Gasteiger partial charge in [0.2, 0.25) is 29.5 Å². The molecule has 12 amide bonds. The summed E-state index contributed by atoms with van der Waals surface area (Å²) in [5.41, 5.74) is 2.81. The van der Waals surface area contributed by atoms with E-state index in [9.17, 15) is 120 Å². The molecule has 8 aliphatic rings. The van der Waals surface area contributed by atoms with Gasteiger partial charge in [0.1, 0.15) is 48.6 Å². The van der Waals surface area contributed by atoms with E-state index in [0.29, 0.717) is 63.9 Å². The number of anilines is 4. The lowest BCUT2D eigenvalue weighted by Gasteiger charge is -2.41. The Labute approximate surface area is 855 Å². The minimum absolute atomic E-state index is 0.0105. The van der Waals surface area contributed by atoms with E-state index in [-0.39, 0.29) is 152 Å². The highest BCUT2D eigenvalue weighted by molar-refractivity contribution is 7.90. The molecule has 147 heavy (non-hydrogen) atoms. The number of hydrogen-bond donors (Lipinski definition) is 19. The summed E-state index contributed by atoms with van der Waals surface area (Å²) in [4.78, 5) is 188. The molecule has 4 saturated heterocycles. The number of urea groups is 3. The molecule has 8 aliphatic heterocycles. The Kier molecular flexibility index (Phi) is 43.2. The average Bonchev–Trinajstić information content (AvgIpc) is 0.802. The first kappa shape index (κ1) is 116. The van der Waals surface area contributed by atoms with E-state index in [2.05, 4.69) is 109 Å². The smallest absolute Gasteiger partial charge is 0.329 e. The van der Waals surface area contributed by atoms with Gasteiger partial charge in [0.15, 0.2) is 24.2 Å². The first-order valence-corrected chi connectivity index (χ1v) is 54.7. The molecule has 4 atom stereocenters. The van der Waals surface area contributed by atoms with Crippen LogP contribution in [-0.2, 0) is 121 Å². The number of amides is 12. The van der Waals surface area contributed by atoms with E-state index in [1.54, 1.807) is 24.1 Å².